The van der Waals surface area contributed by atoms with E-state index in [-0.39, 0.29) is 5.91 Å². The number of halogens is 1. The zero-order valence-corrected chi connectivity index (χ0v) is 18.7. The minimum Gasteiger partial charge on any atom is -0.372 e. The number of amides is 1. The highest BCUT2D eigenvalue weighted by Crippen LogP contribution is 2.36. The first-order valence-corrected chi connectivity index (χ1v) is 10.9. The van der Waals surface area contributed by atoms with Crippen LogP contribution in [0.1, 0.15) is 26.3 Å². The maximum atomic E-state index is 11.6. The van der Waals surface area contributed by atoms with Gasteiger partial charge in [-0.15, -0.1) is 0 Å². The number of hydrazone groups is 1. The maximum absolute atomic E-state index is 11.6. The second-order valence-corrected chi connectivity index (χ2v) is 7.95. The Bertz CT molecular complexity index is 1010. The minimum absolute atomic E-state index is 0.155. The van der Waals surface area contributed by atoms with Crippen molar-refractivity contribution >= 4 is 50.9 Å². The summed E-state index contributed by atoms with van der Waals surface area (Å²) < 4.78 is 0. The number of thiazole rings is 1. The van der Waals surface area contributed by atoms with Crippen molar-refractivity contribution in [2.75, 3.05) is 28.7 Å². The van der Waals surface area contributed by atoms with E-state index in [2.05, 4.69) is 51.7 Å². The number of aromatic nitrogens is 1. The van der Waals surface area contributed by atoms with Crippen LogP contribution in [0.2, 0.25) is 5.02 Å². The highest BCUT2D eigenvalue weighted by Gasteiger charge is 2.14. The van der Waals surface area contributed by atoms with Gasteiger partial charge in [-0.2, -0.15) is 5.10 Å². The number of benzene rings is 2. The van der Waals surface area contributed by atoms with Gasteiger partial charge in [-0.3, -0.25) is 10.2 Å². The summed E-state index contributed by atoms with van der Waals surface area (Å²) in [6, 6.07) is 15.6. The monoisotopic (exact) mass is 441 g/mol. The van der Waals surface area contributed by atoms with E-state index in [0.29, 0.717) is 20.8 Å². The molecule has 0 saturated heterocycles. The summed E-state index contributed by atoms with van der Waals surface area (Å²) in [5.74, 6) is -0.155. The number of carbonyl (C=O) groups is 1. The predicted octanol–water partition coefficient (Wildman–Crippen LogP) is 5.71. The van der Waals surface area contributed by atoms with E-state index in [1.807, 2.05) is 24.3 Å². The third kappa shape index (κ3) is 5.58. The number of carbonyl (C=O) groups excluding carboxylic acids is 1. The van der Waals surface area contributed by atoms with Crippen LogP contribution in [0.15, 0.2) is 53.6 Å². The highest BCUT2D eigenvalue weighted by molar-refractivity contribution is 7.20. The Morgan fingerprint density at radius 1 is 1.13 bits per heavy atom. The van der Waals surface area contributed by atoms with Crippen LogP contribution in [0.5, 0.6) is 0 Å². The van der Waals surface area contributed by atoms with Gasteiger partial charge in [0.15, 0.2) is 0 Å². The Hall–Kier alpha value is -2.90. The number of nitrogens with one attached hydrogen (secondary N) is 2. The molecule has 1 amide bonds. The van der Waals surface area contributed by atoms with Crippen LogP contribution >= 0.6 is 22.9 Å². The lowest BCUT2D eigenvalue weighted by Gasteiger charge is -2.20. The third-order valence-corrected chi connectivity index (χ3v) is 5.56. The number of hydrogen-bond acceptors (Lipinski definition) is 6. The Kier molecular flexibility index (Phi) is 7.43. The first-order valence-electron chi connectivity index (χ1n) is 9.68. The molecule has 3 rings (SSSR count). The smallest absolute Gasteiger partial charge is 0.221 e. The summed E-state index contributed by atoms with van der Waals surface area (Å²) in [4.78, 5) is 18.4. The second-order valence-electron chi connectivity index (χ2n) is 6.52. The summed E-state index contributed by atoms with van der Waals surface area (Å²) >= 11 is 7.30. The zero-order valence-electron chi connectivity index (χ0n) is 17.1. The van der Waals surface area contributed by atoms with E-state index in [0.717, 1.165) is 24.2 Å². The predicted molar refractivity (Wildman–Crippen MR) is 128 cm³/mol. The number of rotatable bonds is 8. The Morgan fingerprint density at radius 3 is 2.40 bits per heavy atom. The highest BCUT2D eigenvalue weighted by atomic mass is 35.5. The molecule has 0 spiro atoms. The lowest BCUT2D eigenvalue weighted by atomic mass is 10.2. The van der Waals surface area contributed by atoms with E-state index >= 15 is 0 Å². The Balaban J connectivity index is 1.74. The lowest BCUT2D eigenvalue weighted by Crippen LogP contribution is -2.21. The van der Waals surface area contributed by atoms with Gasteiger partial charge < -0.3 is 10.2 Å². The van der Waals surface area contributed by atoms with Gasteiger partial charge in [0.1, 0.15) is 10.7 Å². The molecule has 0 saturated carbocycles. The molecule has 0 aliphatic rings. The van der Waals surface area contributed by atoms with Crippen molar-refractivity contribution in [3.63, 3.8) is 0 Å². The minimum atomic E-state index is -0.155. The molecule has 0 radical (unpaired) electrons. The molecule has 1 aromatic heterocycles. The zero-order chi connectivity index (χ0) is 21.5. The van der Waals surface area contributed by atoms with E-state index < -0.39 is 0 Å². The molecule has 2 N–H and O–H groups in total. The van der Waals surface area contributed by atoms with Crippen LogP contribution in [0.3, 0.4) is 0 Å². The molecule has 0 atom stereocenters. The summed E-state index contributed by atoms with van der Waals surface area (Å²) in [5.41, 5.74) is 6.67. The number of nitrogens with zero attached hydrogens (tertiary/aromatic N) is 3. The average Bonchev–Trinajstić information content (AvgIpc) is 3.12. The van der Waals surface area contributed by atoms with Crippen LogP contribution in [0.4, 0.5) is 15.8 Å². The van der Waals surface area contributed by atoms with Crippen molar-refractivity contribution < 1.29 is 4.79 Å². The topological polar surface area (TPSA) is 69.6 Å². The van der Waals surface area contributed by atoms with Crippen molar-refractivity contribution in [3.8, 4) is 11.3 Å². The summed E-state index contributed by atoms with van der Waals surface area (Å²) in [7, 11) is 0. The first kappa shape index (κ1) is 21.8. The van der Waals surface area contributed by atoms with Crippen LogP contribution in [0.25, 0.3) is 11.3 Å². The van der Waals surface area contributed by atoms with Crippen molar-refractivity contribution in [2.45, 2.75) is 20.8 Å². The molecule has 2 aromatic carbocycles. The molecule has 0 aliphatic heterocycles. The molecule has 1 heterocycles. The quantitative estimate of drug-likeness (QED) is 0.346. The van der Waals surface area contributed by atoms with Crippen molar-refractivity contribution in [1.29, 1.82) is 0 Å². The van der Waals surface area contributed by atoms with Crippen LogP contribution in [-0.2, 0) is 4.79 Å². The molecular formula is C22H24ClN5OS. The fourth-order valence-electron chi connectivity index (χ4n) is 2.94. The fraction of sp³-hybridized carbons (Fsp3) is 0.227. The molecule has 0 aliphatic carbocycles. The summed E-state index contributed by atoms with van der Waals surface area (Å²) in [5, 5.41) is 9.01. The molecule has 156 valence electrons. The standard InChI is InChI=1S/C22H24ClN5OS/c1-4-28(5-2)19-12-6-16(7-13-19)14-24-27-22-26-20(21(30-22)25-15(3)29)17-8-10-18(23)11-9-17/h6-14H,4-5H2,1-3H3,(H,25,29)(H,26,27)/b24-14-. The SMILES string of the molecule is CCN(CC)c1ccc(/C=N\Nc2nc(-c3ccc(Cl)cc3)c(NC(C)=O)s2)cc1. The number of hydrogen-bond donors (Lipinski definition) is 2. The summed E-state index contributed by atoms with van der Waals surface area (Å²) in [6.45, 7) is 7.71. The molecule has 6 nitrogen and oxygen atoms in total. The van der Waals surface area contributed by atoms with Crippen LogP contribution < -0.4 is 15.6 Å². The molecule has 0 unspecified atom stereocenters. The molecule has 0 bridgehead atoms. The van der Waals surface area contributed by atoms with Gasteiger partial charge in [-0.05, 0) is 43.7 Å². The second kappa shape index (κ2) is 10.2. The fourth-order valence-corrected chi connectivity index (χ4v) is 3.95. The van der Waals surface area contributed by atoms with Gasteiger partial charge in [0.05, 0.1) is 6.21 Å². The van der Waals surface area contributed by atoms with Crippen molar-refractivity contribution in [1.82, 2.24) is 4.98 Å². The number of anilines is 3. The first-order chi connectivity index (χ1) is 14.5. The van der Waals surface area contributed by atoms with E-state index in [4.69, 9.17) is 11.6 Å². The molecule has 8 heteroatoms. The lowest BCUT2D eigenvalue weighted by molar-refractivity contribution is -0.114. The van der Waals surface area contributed by atoms with E-state index in [1.165, 1.54) is 23.9 Å². The van der Waals surface area contributed by atoms with Gasteiger partial charge in [0.25, 0.3) is 0 Å². The van der Waals surface area contributed by atoms with E-state index in [9.17, 15) is 4.79 Å². The van der Waals surface area contributed by atoms with Crippen molar-refractivity contribution in [3.05, 3.63) is 59.1 Å². The molecule has 0 fully saturated rings. The molecule has 30 heavy (non-hydrogen) atoms. The normalized spacial score (nSPS) is 10.9. The van der Waals surface area contributed by atoms with Crippen molar-refractivity contribution in [2.24, 2.45) is 5.10 Å². The van der Waals surface area contributed by atoms with E-state index in [1.54, 1.807) is 18.3 Å². The van der Waals surface area contributed by atoms with Crippen LogP contribution in [-0.4, -0.2) is 30.2 Å². The van der Waals surface area contributed by atoms with Gasteiger partial charge in [0, 0.05) is 36.3 Å². The third-order valence-electron chi connectivity index (χ3n) is 4.43. The van der Waals surface area contributed by atoms with Gasteiger partial charge >= 0.3 is 0 Å². The summed E-state index contributed by atoms with van der Waals surface area (Å²) in [6.07, 6.45) is 1.74. The molecular weight excluding hydrogens is 418 g/mol. The van der Waals surface area contributed by atoms with Gasteiger partial charge in [-0.1, -0.05) is 47.2 Å². The Labute approximate surface area is 185 Å². The van der Waals surface area contributed by atoms with Gasteiger partial charge in [0.2, 0.25) is 11.0 Å². The van der Waals surface area contributed by atoms with Gasteiger partial charge in [-0.25, -0.2) is 4.98 Å². The largest absolute Gasteiger partial charge is 0.372 e. The average molecular weight is 442 g/mol. The molecule has 3 aromatic rings. The maximum Gasteiger partial charge on any atom is 0.221 e. The Morgan fingerprint density at radius 2 is 1.80 bits per heavy atom. The van der Waals surface area contributed by atoms with Crippen LogP contribution in [0, 0.1) is 0 Å².